The Balaban J connectivity index is 1.75. The summed E-state index contributed by atoms with van der Waals surface area (Å²) in [5, 5.41) is 7.75. The third-order valence-electron chi connectivity index (χ3n) is 3.62. The molecule has 1 aliphatic rings. The van der Waals surface area contributed by atoms with E-state index in [1.165, 1.54) is 12.8 Å². The predicted molar refractivity (Wildman–Crippen MR) is 77.5 cm³/mol. The Morgan fingerprint density at radius 3 is 2.90 bits per heavy atom. The quantitative estimate of drug-likeness (QED) is 0.818. The number of aromatic nitrogens is 2. The highest BCUT2D eigenvalue weighted by molar-refractivity contribution is 5.36. The molecule has 106 valence electrons. The van der Waals surface area contributed by atoms with Crippen molar-refractivity contribution in [1.82, 2.24) is 15.1 Å². The van der Waals surface area contributed by atoms with E-state index in [9.17, 15) is 4.39 Å². The molecular formula is C16H20FN3. The highest BCUT2D eigenvalue weighted by Gasteiger charge is 2.26. The van der Waals surface area contributed by atoms with Crippen molar-refractivity contribution in [2.24, 2.45) is 0 Å². The molecule has 1 heterocycles. The molecule has 3 nitrogen and oxygen atoms in total. The summed E-state index contributed by atoms with van der Waals surface area (Å²) in [5.74, 6) is 0.378. The molecule has 1 aromatic heterocycles. The lowest BCUT2D eigenvalue weighted by Gasteiger charge is -2.07. The zero-order valence-electron chi connectivity index (χ0n) is 11.8. The fraction of sp³-hybridized carbons (Fsp3) is 0.438. The Morgan fingerprint density at radius 1 is 1.35 bits per heavy atom. The van der Waals surface area contributed by atoms with Crippen molar-refractivity contribution < 1.29 is 4.39 Å². The van der Waals surface area contributed by atoms with E-state index >= 15 is 0 Å². The first-order valence-corrected chi connectivity index (χ1v) is 7.33. The summed E-state index contributed by atoms with van der Waals surface area (Å²) in [5.41, 5.74) is 2.57. The van der Waals surface area contributed by atoms with Crippen molar-refractivity contribution in [2.45, 2.75) is 38.6 Å². The van der Waals surface area contributed by atoms with Crippen LogP contribution in [0.15, 0.2) is 30.5 Å². The number of benzene rings is 1. The molecule has 4 heteroatoms. The summed E-state index contributed by atoms with van der Waals surface area (Å²) >= 11 is 0. The molecule has 3 rings (SSSR count). The molecular weight excluding hydrogens is 253 g/mol. The molecule has 0 radical (unpaired) electrons. The van der Waals surface area contributed by atoms with E-state index in [0.717, 1.165) is 24.2 Å². The molecule has 0 unspecified atom stereocenters. The molecule has 20 heavy (non-hydrogen) atoms. The highest BCUT2D eigenvalue weighted by Crippen LogP contribution is 2.39. The molecule has 1 saturated carbocycles. The van der Waals surface area contributed by atoms with Gasteiger partial charge in [-0.15, -0.1) is 0 Å². The van der Waals surface area contributed by atoms with Crippen LogP contribution in [0.1, 0.15) is 43.4 Å². The number of hydrogen-bond acceptors (Lipinski definition) is 2. The van der Waals surface area contributed by atoms with Crippen LogP contribution < -0.4 is 5.32 Å². The van der Waals surface area contributed by atoms with Crippen LogP contribution in [-0.4, -0.2) is 16.3 Å². The van der Waals surface area contributed by atoms with Gasteiger partial charge in [0.25, 0.3) is 0 Å². The second-order valence-corrected chi connectivity index (χ2v) is 5.42. The minimum absolute atomic E-state index is 0.216. The zero-order valence-corrected chi connectivity index (χ0v) is 11.8. The van der Waals surface area contributed by atoms with Crippen LogP contribution in [0.3, 0.4) is 0 Å². The third-order valence-corrected chi connectivity index (χ3v) is 3.62. The van der Waals surface area contributed by atoms with Gasteiger partial charge < -0.3 is 5.32 Å². The SMILES string of the molecule is CCCNCc1ccc(-n2ccc(C3CC3)n2)c(F)c1. The molecule has 1 aromatic carbocycles. The lowest BCUT2D eigenvalue weighted by Crippen LogP contribution is -2.14. The first-order chi connectivity index (χ1) is 9.78. The average Bonchev–Trinajstić information content (AvgIpc) is 3.18. The van der Waals surface area contributed by atoms with E-state index in [1.54, 1.807) is 10.7 Å². The number of nitrogens with zero attached hydrogens (tertiary/aromatic N) is 2. The summed E-state index contributed by atoms with van der Waals surface area (Å²) in [4.78, 5) is 0. The highest BCUT2D eigenvalue weighted by atomic mass is 19.1. The van der Waals surface area contributed by atoms with Gasteiger partial charge in [0.1, 0.15) is 11.5 Å². The van der Waals surface area contributed by atoms with Crippen molar-refractivity contribution in [2.75, 3.05) is 6.54 Å². The number of halogens is 1. The van der Waals surface area contributed by atoms with E-state index in [2.05, 4.69) is 17.3 Å². The minimum Gasteiger partial charge on any atom is -0.313 e. The van der Waals surface area contributed by atoms with E-state index in [4.69, 9.17) is 0 Å². The van der Waals surface area contributed by atoms with Crippen molar-refractivity contribution in [3.63, 3.8) is 0 Å². The molecule has 0 atom stereocenters. The van der Waals surface area contributed by atoms with Gasteiger partial charge in [0.15, 0.2) is 0 Å². The van der Waals surface area contributed by atoms with Gasteiger partial charge in [0.05, 0.1) is 5.69 Å². The standard InChI is InChI=1S/C16H20FN3/c1-2-8-18-11-12-3-6-16(14(17)10-12)20-9-7-15(19-20)13-4-5-13/h3,6-7,9-10,13,18H,2,4-5,8,11H2,1H3. The Bertz CT molecular complexity index is 587. The van der Waals surface area contributed by atoms with Crippen molar-refractivity contribution in [1.29, 1.82) is 0 Å². The van der Waals surface area contributed by atoms with Gasteiger partial charge in [-0.25, -0.2) is 9.07 Å². The van der Waals surface area contributed by atoms with E-state index in [1.807, 2.05) is 24.4 Å². The summed E-state index contributed by atoms with van der Waals surface area (Å²) < 4.78 is 15.8. The Hall–Kier alpha value is -1.68. The average molecular weight is 273 g/mol. The first kappa shape index (κ1) is 13.3. The minimum atomic E-state index is -0.216. The summed E-state index contributed by atoms with van der Waals surface area (Å²) in [6, 6.07) is 7.35. The van der Waals surface area contributed by atoms with Crippen LogP contribution in [0.4, 0.5) is 4.39 Å². The van der Waals surface area contributed by atoms with Gasteiger partial charge in [-0.3, -0.25) is 0 Å². The van der Waals surface area contributed by atoms with Gasteiger partial charge >= 0.3 is 0 Å². The molecule has 0 bridgehead atoms. The van der Waals surface area contributed by atoms with Crippen LogP contribution in [-0.2, 0) is 6.54 Å². The fourth-order valence-corrected chi connectivity index (χ4v) is 2.32. The normalized spacial score (nSPS) is 14.7. The van der Waals surface area contributed by atoms with Gasteiger partial charge in [-0.1, -0.05) is 13.0 Å². The second-order valence-electron chi connectivity index (χ2n) is 5.42. The maximum atomic E-state index is 14.2. The van der Waals surface area contributed by atoms with Gasteiger partial charge in [0.2, 0.25) is 0 Å². The summed E-state index contributed by atoms with van der Waals surface area (Å²) in [6.07, 6.45) is 5.35. The van der Waals surface area contributed by atoms with Crippen LogP contribution in [0, 0.1) is 5.82 Å². The number of hydrogen-bond donors (Lipinski definition) is 1. The monoisotopic (exact) mass is 273 g/mol. The van der Waals surface area contributed by atoms with Crippen LogP contribution in [0.2, 0.25) is 0 Å². The predicted octanol–water partition coefficient (Wildman–Crippen LogP) is 3.39. The molecule has 0 aliphatic heterocycles. The van der Waals surface area contributed by atoms with Crippen LogP contribution in [0.25, 0.3) is 5.69 Å². The van der Waals surface area contributed by atoms with Gasteiger partial charge in [-0.2, -0.15) is 5.10 Å². The first-order valence-electron chi connectivity index (χ1n) is 7.33. The van der Waals surface area contributed by atoms with Crippen molar-refractivity contribution in [3.05, 3.63) is 47.5 Å². The lowest BCUT2D eigenvalue weighted by molar-refractivity contribution is 0.603. The van der Waals surface area contributed by atoms with E-state index < -0.39 is 0 Å². The summed E-state index contributed by atoms with van der Waals surface area (Å²) in [7, 11) is 0. The molecule has 1 N–H and O–H groups in total. The van der Waals surface area contributed by atoms with Crippen LogP contribution >= 0.6 is 0 Å². The lowest BCUT2D eigenvalue weighted by atomic mass is 10.2. The van der Waals surface area contributed by atoms with E-state index in [0.29, 0.717) is 18.2 Å². The van der Waals surface area contributed by atoms with Gasteiger partial charge in [0, 0.05) is 18.7 Å². The largest absolute Gasteiger partial charge is 0.313 e. The molecule has 2 aromatic rings. The maximum Gasteiger partial charge on any atom is 0.149 e. The summed E-state index contributed by atoms with van der Waals surface area (Å²) in [6.45, 7) is 3.77. The fourth-order valence-electron chi connectivity index (χ4n) is 2.32. The number of nitrogens with one attached hydrogen (secondary N) is 1. The molecule has 1 fully saturated rings. The molecule has 0 saturated heterocycles. The molecule has 1 aliphatic carbocycles. The van der Waals surface area contributed by atoms with Gasteiger partial charge in [-0.05, 0) is 49.6 Å². The Kier molecular flexibility index (Phi) is 3.83. The van der Waals surface area contributed by atoms with Crippen molar-refractivity contribution in [3.8, 4) is 5.69 Å². The van der Waals surface area contributed by atoms with E-state index in [-0.39, 0.29) is 5.82 Å². The Labute approximate surface area is 118 Å². The topological polar surface area (TPSA) is 29.9 Å². The van der Waals surface area contributed by atoms with Crippen molar-refractivity contribution >= 4 is 0 Å². The molecule has 0 amide bonds. The number of rotatable bonds is 6. The second kappa shape index (κ2) is 5.75. The van der Waals surface area contributed by atoms with Crippen LogP contribution in [0.5, 0.6) is 0 Å². The third kappa shape index (κ3) is 2.90. The smallest absolute Gasteiger partial charge is 0.149 e. The Morgan fingerprint density at radius 2 is 2.20 bits per heavy atom. The maximum absolute atomic E-state index is 14.2. The zero-order chi connectivity index (χ0) is 13.9. The molecule has 0 spiro atoms.